The van der Waals surface area contributed by atoms with Crippen LogP contribution in [0.3, 0.4) is 0 Å². The first-order chi connectivity index (χ1) is 12.7. The van der Waals surface area contributed by atoms with Crippen LogP contribution < -0.4 is 5.32 Å². The maximum atomic E-state index is 12.0. The van der Waals surface area contributed by atoms with Crippen molar-refractivity contribution in [3.63, 3.8) is 0 Å². The molecule has 3 rings (SSSR count). The van der Waals surface area contributed by atoms with Crippen LogP contribution in [0.2, 0.25) is 0 Å². The molecule has 1 N–H and O–H groups in total. The van der Waals surface area contributed by atoms with E-state index >= 15 is 0 Å². The van der Waals surface area contributed by atoms with Crippen molar-refractivity contribution < 1.29 is 9.53 Å². The van der Waals surface area contributed by atoms with Crippen LogP contribution in [0, 0.1) is 11.3 Å². The van der Waals surface area contributed by atoms with Crippen LogP contribution in [0.1, 0.15) is 24.1 Å². The first-order valence-corrected chi connectivity index (χ1v) is 8.26. The number of methoxy groups -OCH3 is 1. The van der Waals surface area contributed by atoms with E-state index in [4.69, 9.17) is 4.74 Å². The molecule has 6 nitrogen and oxygen atoms in total. The second-order valence-electron chi connectivity index (χ2n) is 5.71. The lowest BCUT2D eigenvalue weighted by Crippen LogP contribution is -2.16. The predicted molar refractivity (Wildman–Crippen MR) is 99.0 cm³/mol. The van der Waals surface area contributed by atoms with E-state index in [1.54, 1.807) is 6.07 Å². The van der Waals surface area contributed by atoms with Crippen LogP contribution in [-0.4, -0.2) is 23.0 Å². The number of fused-ring (bicyclic) bond motifs is 1. The third kappa shape index (κ3) is 3.47. The number of para-hydroxylation sites is 2. The number of hydrogen-bond donors (Lipinski definition) is 1. The van der Waals surface area contributed by atoms with E-state index < -0.39 is 11.9 Å². The minimum Gasteiger partial charge on any atom is -0.468 e. The van der Waals surface area contributed by atoms with Gasteiger partial charge in [-0.2, -0.15) is 5.26 Å². The van der Waals surface area contributed by atoms with Gasteiger partial charge < -0.3 is 10.1 Å². The van der Waals surface area contributed by atoms with E-state index in [1.807, 2.05) is 48.5 Å². The number of ether oxygens (including phenoxy) is 1. The summed E-state index contributed by atoms with van der Waals surface area (Å²) in [6.45, 7) is 2.09. The molecule has 130 valence electrons. The van der Waals surface area contributed by atoms with Gasteiger partial charge in [0.05, 0.1) is 24.2 Å². The molecule has 1 aromatic heterocycles. The highest BCUT2D eigenvalue weighted by Gasteiger charge is 2.27. The summed E-state index contributed by atoms with van der Waals surface area (Å²) >= 11 is 0. The van der Waals surface area contributed by atoms with Crippen LogP contribution in [0.15, 0.2) is 48.5 Å². The molecule has 0 bridgehead atoms. The van der Waals surface area contributed by atoms with E-state index in [0.717, 1.165) is 12.1 Å². The van der Waals surface area contributed by atoms with Crippen LogP contribution in [0.25, 0.3) is 11.0 Å². The first-order valence-electron chi connectivity index (χ1n) is 8.26. The number of aromatic nitrogens is 2. The smallest absolute Gasteiger partial charge is 0.329 e. The lowest BCUT2D eigenvalue weighted by Gasteiger charge is -2.14. The molecule has 0 spiro atoms. The minimum absolute atomic E-state index is 0.248. The molecule has 0 radical (unpaired) electrons. The molecule has 2 aromatic carbocycles. The van der Waals surface area contributed by atoms with Gasteiger partial charge >= 0.3 is 5.97 Å². The van der Waals surface area contributed by atoms with Gasteiger partial charge in [0, 0.05) is 5.69 Å². The molecule has 1 unspecified atom stereocenters. The third-order valence-corrected chi connectivity index (χ3v) is 4.06. The summed E-state index contributed by atoms with van der Waals surface area (Å²) in [6, 6.07) is 17.2. The molecule has 0 aliphatic heterocycles. The highest BCUT2D eigenvalue weighted by Crippen LogP contribution is 2.27. The van der Waals surface area contributed by atoms with Crippen LogP contribution in [0.5, 0.6) is 0 Å². The van der Waals surface area contributed by atoms with Crippen molar-refractivity contribution in [1.82, 2.24) is 9.97 Å². The lowest BCUT2D eigenvalue weighted by molar-refractivity contribution is -0.141. The molecule has 3 aromatic rings. The van der Waals surface area contributed by atoms with Crippen LogP contribution in [0.4, 0.5) is 11.5 Å². The van der Waals surface area contributed by atoms with Gasteiger partial charge in [-0.15, -0.1) is 0 Å². The maximum absolute atomic E-state index is 12.0. The van der Waals surface area contributed by atoms with Gasteiger partial charge in [-0.3, -0.25) is 4.79 Å². The van der Waals surface area contributed by atoms with Crippen molar-refractivity contribution in [3.8, 4) is 6.07 Å². The monoisotopic (exact) mass is 346 g/mol. The molecular formula is C20H18N4O2. The van der Waals surface area contributed by atoms with Crippen molar-refractivity contribution in [1.29, 1.82) is 5.26 Å². The average molecular weight is 346 g/mol. The van der Waals surface area contributed by atoms with Crippen molar-refractivity contribution in [2.45, 2.75) is 19.3 Å². The highest BCUT2D eigenvalue weighted by atomic mass is 16.5. The number of aryl methyl sites for hydroxylation is 1. The van der Waals surface area contributed by atoms with Crippen LogP contribution in [-0.2, 0) is 16.0 Å². The second-order valence-corrected chi connectivity index (χ2v) is 5.71. The molecular weight excluding hydrogens is 328 g/mol. The highest BCUT2D eigenvalue weighted by molar-refractivity contribution is 5.85. The number of hydrogen-bond acceptors (Lipinski definition) is 6. The molecule has 1 atom stereocenters. The SMILES string of the molecule is CCc1ccc(Nc2nc3ccccc3nc2C(C#N)C(=O)OC)cc1. The Balaban J connectivity index is 2.09. The van der Waals surface area contributed by atoms with E-state index in [1.165, 1.54) is 12.7 Å². The topological polar surface area (TPSA) is 87.9 Å². The average Bonchev–Trinajstić information content (AvgIpc) is 2.69. The van der Waals surface area contributed by atoms with Gasteiger partial charge in [-0.1, -0.05) is 31.2 Å². The number of nitrogens with one attached hydrogen (secondary N) is 1. The molecule has 0 fully saturated rings. The molecule has 0 amide bonds. The summed E-state index contributed by atoms with van der Waals surface area (Å²) in [5, 5.41) is 12.6. The fourth-order valence-electron chi connectivity index (χ4n) is 2.61. The Labute approximate surface area is 151 Å². The minimum atomic E-state index is -1.16. The summed E-state index contributed by atoms with van der Waals surface area (Å²) in [4.78, 5) is 21.1. The number of benzene rings is 2. The summed E-state index contributed by atoms with van der Waals surface area (Å²) in [5.74, 6) is -1.46. The largest absolute Gasteiger partial charge is 0.468 e. The van der Waals surface area contributed by atoms with Gasteiger partial charge in [0.15, 0.2) is 11.7 Å². The molecule has 0 aliphatic carbocycles. The first kappa shape index (κ1) is 17.4. The Morgan fingerprint density at radius 2 is 1.81 bits per heavy atom. The molecule has 0 saturated carbocycles. The number of carbonyl (C=O) groups is 1. The zero-order valence-electron chi connectivity index (χ0n) is 14.6. The Bertz CT molecular complexity index is 977. The maximum Gasteiger partial charge on any atom is 0.329 e. The second kappa shape index (κ2) is 7.62. The number of anilines is 2. The van der Waals surface area contributed by atoms with Crippen molar-refractivity contribution in [3.05, 3.63) is 59.8 Å². The molecule has 6 heteroatoms. The summed E-state index contributed by atoms with van der Waals surface area (Å²) < 4.78 is 4.75. The number of nitrogens with zero attached hydrogens (tertiary/aromatic N) is 3. The zero-order chi connectivity index (χ0) is 18.5. The number of esters is 1. The Morgan fingerprint density at radius 1 is 1.15 bits per heavy atom. The van der Waals surface area contributed by atoms with E-state index in [2.05, 4.69) is 22.2 Å². The van der Waals surface area contributed by atoms with E-state index in [0.29, 0.717) is 16.9 Å². The normalized spacial score (nSPS) is 11.6. The summed E-state index contributed by atoms with van der Waals surface area (Å²) in [7, 11) is 1.25. The van der Waals surface area contributed by atoms with Gasteiger partial charge in [-0.05, 0) is 36.2 Å². The quantitative estimate of drug-likeness (QED) is 0.709. The van der Waals surface area contributed by atoms with Gasteiger partial charge in [0.25, 0.3) is 0 Å². The molecule has 1 heterocycles. The fourth-order valence-corrected chi connectivity index (χ4v) is 2.61. The fraction of sp³-hybridized carbons (Fsp3) is 0.200. The number of nitriles is 1. The molecule has 26 heavy (non-hydrogen) atoms. The number of rotatable bonds is 5. The van der Waals surface area contributed by atoms with Gasteiger partial charge in [0.1, 0.15) is 5.69 Å². The summed E-state index contributed by atoms with van der Waals surface area (Å²) in [6.07, 6.45) is 0.945. The van der Waals surface area contributed by atoms with E-state index in [9.17, 15) is 10.1 Å². The van der Waals surface area contributed by atoms with Crippen molar-refractivity contribution in [2.24, 2.45) is 0 Å². The Hall–Kier alpha value is -3.46. The zero-order valence-corrected chi connectivity index (χ0v) is 14.6. The Kier molecular flexibility index (Phi) is 5.09. The van der Waals surface area contributed by atoms with Crippen molar-refractivity contribution >= 4 is 28.5 Å². The van der Waals surface area contributed by atoms with E-state index in [-0.39, 0.29) is 5.69 Å². The Morgan fingerprint density at radius 3 is 2.38 bits per heavy atom. The summed E-state index contributed by atoms with van der Waals surface area (Å²) in [5.41, 5.74) is 3.54. The number of carbonyl (C=O) groups excluding carboxylic acids is 1. The van der Waals surface area contributed by atoms with Gasteiger partial charge in [0.2, 0.25) is 0 Å². The van der Waals surface area contributed by atoms with Crippen LogP contribution >= 0.6 is 0 Å². The lowest BCUT2D eigenvalue weighted by atomic mass is 10.1. The predicted octanol–water partition coefficient (Wildman–Crippen LogP) is 3.72. The molecule has 0 aliphatic rings. The third-order valence-electron chi connectivity index (χ3n) is 4.06. The van der Waals surface area contributed by atoms with Gasteiger partial charge in [-0.25, -0.2) is 9.97 Å². The standard InChI is InChI=1S/C20H18N4O2/c1-3-13-8-10-14(11-9-13)22-19-18(15(12-21)20(25)26-2)23-16-6-4-5-7-17(16)24-19/h4-11,15H,3H2,1-2H3,(H,22,24). The molecule has 0 saturated heterocycles. The van der Waals surface area contributed by atoms with Crippen molar-refractivity contribution in [2.75, 3.05) is 12.4 Å².